The van der Waals surface area contributed by atoms with Gasteiger partial charge in [-0.25, -0.2) is 4.39 Å². The van der Waals surface area contributed by atoms with Gasteiger partial charge in [0.05, 0.1) is 5.56 Å². The maximum absolute atomic E-state index is 13.8. The van der Waals surface area contributed by atoms with Crippen LogP contribution in [0.5, 0.6) is 5.75 Å². The van der Waals surface area contributed by atoms with Gasteiger partial charge in [-0.1, -0.05) is 54.9 Å². The second-order valence-electron chi connectivity index (χ2n) is 7.23. The first-order valence-electron chi connectivity index (χ1n) is 9.70. The lowest BCUT2D eigenvalue weighted by Crippen LogP contribution is -2.89. The van der Waals surface area contributed by atoms with Crippen molar-refractivity contribution < 1.29 is 14.8 Å². The first kappa shape index (κ1) is 19.5. The molecule has 0 fully saturated rings. The standard InChI is InChI=1S/C24H22ClFN2O/c1-2-15-6-8-16(9-7-15)21-14-22(20-13-18(25)10-11-23(20)29)28-24(27-21)17-4-3-5-19(26)12-17/h3-14,22,24,27-29H,2H2,1H3/p+1. The number of aromatic hydroxyl groups is 1. The number of phenolic OH excluding ortho intramolecular Hbond substituents is 1. The highest BCUT2D eigenvalue weighted by Gasteiger charge is 2.29. The molecule has 0 saturated carbocycles. The van der Waals surface area contributed by atoms with Crippen molar-refractivity contribution in [3.63, 3.8) is 0 Å². The second kappa shape index (κ2) is 8.27. The summed E-state index contributed by atoms with van der Waals surface area (Å²) >= 11 is 6.19. The molecule has 2 atom stereocenters. The first-order chi connectivity index (χ1) is 14.0. The van der Waals surface area contributed by atoms with Gasteiger partial charge in [-0.3, -0.25) is 0 Å². The zero-order valence-electron chi connectivity index (χ0n) is 16.1. The van der Waals surface area contributed by atoms with E-state index in [9.17, 15) is 9.50 Å². The quantitative estimate of drug-likeness (QED) is 0.585. The fourth-order valence-corrected chi connectivity index (χ4v) is 3.87. The van der Waals surface area contributed by atoms with E-state index in [0.717, 1.165) is 28.8 Å². The molecule has 148 valence electrons. The highest BCUT2D eigenvalue weighted by atomic mass is 35.5. The van der Waals surface area contributed by atoms with Crippen LogP contribution in [0.1, 0.15) is 41.4 Å². The number of halogens is 2. The highest BCUT2D eigenvalue weighted by molar-refractivity contribution is 6.30. The third kappa shape index (κ3) is 4.29. The van der Waals surface area contributed by atoms with Gasteiger partial charge in [0.25, 0.3) is 0 Å². The summed E-state index contributed by atoms with van der Waals surface area (Å²) in [5.41, 5.74) is 4.80. The molecule has 29 heavy (non-hydrogen) atoms. The molecule has 5 heteroatoms. The van der Waals surface area contributed by atoms with Crippen LogP contribution in [-0.4, -0.2) is 5.11 Å². The fraction of sp³-hybridized carbons (Fsp3) is 0.167. The normalized spacial score (nSPS) is 18.8. The Hall–Kier alpha value is -2.82. The number of rotatable bonds is 4. The zero-order chi connectivity index (χ0) is 20.4. The molecule has 3 aromatic rings. The van der Waals surface area contributed by atoms with E-state index >= 15 is 0 Å². The summed E-state index contributed by atoms with van der Waals surface area (Å²) in [5, 5.41) is 16.6. The van der Waals surface area contributed by atoms with Gasteiger partial charge in [0.15, 0.2) is 6.17 Å². The van der Waals surface area contributed by atoms with E-state index in [1.807, 2.05) is 6.07 Å². The summed E-state index contributed by atoms with van der Waals surface area (Å²) in [4.78, 5) is 0. The van der Waals surface area contributed by atoms with Crippen molar-refractivity contribution in [1.29, 1.82) is 0 Å². The van der Waals surface area contributed by atoms with E-state index in [4.69, 9.17) is 11.6 Å². The van der Waals surface area contributed by atoms with Gasteiger partial charge < -0.3 is 15.7 Å². The summed E-state index contributed by atoms with van der Waals surface area (Å²) in [5.74, 6) is -0.0873. The van der Waals surface area contributed by atoms with Gasteiger partial charge in [-0.05, 0) is 47.9 Å². The molecule has 1 aliphatic heterocycles. The van der Waals surface area contributed by atoms with E-state index in [2.05, 4.69) is 47.9 Å². The molecule has 0 saturated heterocycles. The van der Waals surface area contributed by atoms with Crippen LogP contribution in [0.4, 0.5) is 4.39 Å². The van der Waals surface area contributed by atoms with Crippen LogP contribution in [0, 0.1) is 5.82 Å². The van der Waals surface area contributed by atoms with Crippen LogP contribution < -0.4 is 10.6 Å². The van der Waals surface area contributed by atoms with Crippen LogP contribution in [0.25, 0.3) is 5.70 Å². The summed E-state index contributed by atoms with van der Waals surface area (Å²) < 4.78 is 13.8. The van der Waals surface area contributed by atoms with Crippen LogP contribution in [0.15, 0.2) is 72.8 Å². The van der Waals surface area contributed by atoms with E-state index in [-0.39, 0.29) is 23.8 Å². The van der Waals surface area contributed by atoms with Crippen molar-refractivity contribution in [1.82, 2.24) is 5.32 Å². The summed E-state index contributed by atoms with van der Waals surface area (Å²) in [6, 6.07) is 19.8. The lowest BCUT2D eigenvalue weighted by atomic mass is 9.97. The second-order valence-corrected chi connectivity index (χ2v) is 7.67. The number of hydrogen-bond donors (Lipinski definition) is 3. The minimum atomic E-state index is -0.275. The molecule has 0 radical (unpaired) electrons. The van der Waals surface area contributed by atoms with Crippen LogP contribution in [0.2, 0.25) is 5.02 Å². The summed E-state index contributed by atoms with van der Waals surface area (Å²) in [6.07, 6.45) is 2.84. The van der Waals surface area contributed by atoms with Gasteiger partial charge in [0.2, 0.25) is 0 Å². The predicted molar refractivity (Wildman–Crippen MR) is 114 cm³/mol. The van der Waals surface area contributed by atoms with E-state index in [0.29, 0.717) is 5.02 Å². The molecule has 4 N–H and O–H groups in total. The SMILES string of the molecule is CCc1ccc(C2=CC(c3cc(Cl)ccc3O)[NH2+]C(c3cccc(F)c3)N2)cc1. The maximum atomic E-state index is 13.8. The minimum absolute atomic E-state index is 0.177. The Balaban J connectivity index is 1.76. The van der Waals surface area contributed by atoms with Crippen LogP contribution in [-0.2, 0) is 6.42 Å². The lowest BCUT2D eigenvalue weighted by molar-refractivity contribution is -0.731. The van der Waals surface area contributed by atoms with Crippen LogP contribution in [0.3, 0.4) is 0 Å². The molecule has 4 rings (SSSR count). The van der Waals surface area contributed by atoms with Crippen molar-refractivity contribution in [3.8, 4) is 5.75 Å². The molecule has 0 aliphatic carbocycles. The van der Waals surface area contributed by atoms with Gasteiger partial charge >= 0.3 is 0 Å². The number of hydrogen-bond acceptors (Lipinski definition) is 2. The number of phenols is 1. The topological polar surface area (TPSA) is 48.9 Å². The van der Waals surface area contributed by atoms with Crippen molar-refractivity contribution in [2.45, 2.75) is 25.6 Å². The third-order valence-electron chi connectivity index (χ3n) is 5.29. The Morgan fingerprint density at radius 1 is 1.07 bits per heavy atom. The molecular weight excluding hydrogens is 387 g/mol. The van der Waals surface area contributed by atoms with Gasteiger partial charge in [0, 0.05) is 22.4 Å². The Morgan fingerprint density at radius 2 is 1.86 bits per heavy atom. The molecule has 1 aliphatic rings. The molecule has 0 spiro atoms. The highest BCUT2D eigenvalue weighted by Crippen LogP contribution is 2.31. The number of nitrogens with one attached hydrogen (secondary N) is 1. The number of quaternary nitrogens is 1. The smallest absolute Gasteiger partial charge is 0.186 e. The average molecular weight is 410 g/mol. The molecule has 3 nitrogen and oxygen atoms in total. The third-order valence-corrected chi connectivity index (χ3v) is 5.52. The number of benzene rings is 3. The Labute approximate surface area is 174 Å². The Bertz CT molecular complexity index is 1050. The first-order valence-corrected chi connectivity index (χ1v) is 10.1. The number of nitrogens with two attached hydrogens (primary N) is 1. The van der Waals surface area contributed by atoms with E-state index < -0.39 is 0 Å². The van der Waals surface area contributed by atoms with Crippen molar-refractivity contribution >= 4 is 17.3 Å². The lowest BCUT2D eigenvalue weighted by Gasteiger charge is -2.30. The predicted octanol–water partition coefficient (Wildman–Crippen LogP) is 4.69. The molecule has 3 aromatic carbocycles. The van der Waals surface area contributed by atoms with Crippen molar-refractivity contribution in [3.05, 3.63) is 106 Å². The average Bonchev–Trinajstić information content (AvgIpc) is 2.75. The maximum Gasteiger partial charge on any atom is 0.186 e. The zero-order valence-corrected chi connectivity index (χ0v) is 16.8. The monoisotopic (exact) mass is 409 g/mol. The minimum Gasteiger partial charge on any atom is -0.507 e. The van der Waals surface area contributed by atoms with Gasteiger partial charge in [-0.15, -0.1) is 0 Å². The Morgan fingerprint density at radius 3 is 2.59 bits per heavy atom. The molecule has 0 aromatic heterocycles. The fourth-order valence-electron chi connectivity index (χ4n) is 3.69. The van der Waals surface area contributed by atoms with Crippen molar-refractivity contribution in [2.75, 3.05) is 0 Å². The largest absolute Gasteiger partial charge is 0.507 e. The molecule has 2 unspecified atom stereocenters. The van der Waals surface area contributed by atoms with E-state index in [1.165, 1.54) is 17.7 Å². The van der Waals surface area contributed by atoms with Crippen LogP contribution >= 0.6 is 11.6 Å². The van der Waals surface area contributed by atoms with Gasteiger partial charge in [-0.2, -0.15) is 0 Å². The molecule has 1 heterocycles. The van der Waals surface area contributed by atoms with Crippen molar-refractivity contribution in [2.24, 2.45) is 0 Å². The molecular formula is C24H23ClFN2O+. The summed E-state index contributed by atoms with van der Waals surface area (Å²) in [7, 11) is 0. The van der Waals surface area contributed by atoms with Gasteiger partial charge in [0.1, 0.15) is 17.6 Å². The number of aryl methyl sites for hydroxylation is 1. The molecule has 0 amide bonds. The molecule has 0 bridgehead atoms. The van der Waals surface area contributed by atoms with E-state index in [1.54, 1.807) is 24.3 Å². The Kier molecular flexibility index (Phi) is 5.56. The summed E-state index contributed by atoms with van der Waals surface area (Å²) in [6.45, 7) is 2.13.